The van der Waals surface area contributed by atoms with Crippen LogP contribution in [-0.4, -0.2) is 23.9 Å². The Morgan fingerprint density at radius 1 is 1.62 bits per heavy atom. The van der Waals surface area contributed by atoms with Crippen molar-refractivity contribution in [2.75, 3.05) is 7.05 Å². The maximum atomic E-state index is 11.9. The SMILES string of the molecule is CC(N)C(C)C(=O)N(C)Cc1cc(Br)cs1. The summed E-state index contributed by atoms with van der Waals surface area (Å²) in [4.78, 5) is 14.8. The van der Waals surface area contributed by atoms with Crippen LogP contribution in [0.1, 0.15) is 18.7 Å². The summed E-state index contributed by atoms with van der Waals surface area (Å²) >= 11 is 5.04. The van der Waals surface area contributed by atoms with E-state index >= 15 is 0 Å². The monoisotopic (exact) mass is 304 g/mol. The average molecular weight is 305 g/mol. The third kappa shape index (κ3) is 3.57. The molecule has 16 heavy (non-hydrogen) atoms. The first-order chi connectivity index (χ1) is 7.41. The number of carbonyl (C=O) groups excluding carboxylic acids is 1. The van der Waals surface area contributed by atoms with Gasteiger partial charge in [-0.3, -0.25) is 4.79 Å². The predicted molar refractivity (Wildman–Crippen MR) is 71.3 cm³/mol. The van der Waals surface area contributed by atoms with Crippen LogP contribution in [0.15, 0.2) is 15.9 Å². The van der Waals surface area contributed by atoms with Crippen LogP contribution in [0.3, 0.4) is 0 Å². The maximum absolute atomic E-state index is 11.9. The zero-order valence-corrected chi connectivity index (χ0v) is 12.1. The zero-order valence-electron chi connectivity index (χ0n) is 9.74. The first kappa shape index (κ1) is 13.7. The van der Waals surface area contributed by atoms with E-state index in [-0.39, 0.29) is 17.9 Å². The third-order valence-electron chi connectivity index (χ3n) is 2.57. The standard InChI is InChI=1S/C11H17BrN2OS/c1-7(8(2)13)11(15)14(3)5-10-4-9(12)6-16-10/h4,6-8H,5,13H2,1-3H3. The summed E-state index contributed by atoms with van der Waals surface area (Å²) in [5, 5.41) is 2.02. The van der Waals surface area contributed by atoms with Gasteiger partial charge in [0.1, 0.15) is 0 Å². The van der Waals surface area contributed by atoms with Gasteiger partial charge in [0.2, 0.25) is 5.91 Å². The van der Waals surface area contributed by atoms with Crippen LogP contribution in [0.5, 0.6) is 0 Å². The average Bonchev–Trinajstić information content (AvgIpc) is 2.61. The van der Waals surface area contributed by atoms with Gasteiger partial charge in [-0.15, -0.1) is 11.3 Å². The number of hydrogen-bond acceptors (Lipinski definition) is 3. The molecule has 0 aromatic carbocycles. The molecule has 0 fully saturated rings. The highest BCUT2D eigenvalue weighted by Gasteiger charge is 2.21. The Morgan fingerprint density at radius 2 is 2.25 bits per heavy atom. The summed E-state index contributed by atoms with van der Waals surface area (Å²) in [5.74, 6) is -0.0343. The van der Waals surface area contributed by atoms with Gasteiger partial charge >= 0.3 is 0 Å². The van der Waals surface area contributed by atoms with Crippen molar-refractivity contribution in [1.82, 2.24) is 4.90 Å². The predicted octanol–water partition coefficient (Wildman–Crippen LogP) is 2.45. The summed E-state index contributed by atoms with van der Waals surface area (Å²) in [6, 6.07) is 1.93. The number of halogens is 1. The van der Waals surface area contributed by atoms with E-state index < -0.39 is 0 Å². The lowest BCUT2D eigenvalue weighted by Crippen LogP contribution is -2.39. The molecule has 90 valence electrons. The Bertz CT molecular complexity index is 365. The van der Waals surface area contributed by atoms with Gasteiger partial charge in [-0.05, 0) is 28.9 Å². The second-order valence-electron chi connectivity index (χ2n) is 4.07. The van der Waals surface area contributed by atoms with E-state index in [0.29, 0.717) is 6.54 Å². The van der Waals surface area contributed by atoms with Crippen LogP contribution >= 0.6 is 27.3 Å². The summed E-state index contributed by atoms with van der Waals surface area (Å²) < 4.78 is 1.06. The van der Waals surface area contributed by atoms with E-state index in [1.165, 1.54) is 4.88 Å². The zero-order chi connectivity index (χ0) is 12.3. The van der Waals surface area contributed by atoms with E-state index in [2.05, 4.69) is 15.9 Å². The molecule has 3 nitrogen and oxygen atoms in total. The quantitative estimate of drug-likeness (QED) is 0.929. The maximum Gasteiger partial charge on any atom is 0.227 e. The molecule has 2 unspecified atom stereocenters. The summed E-state index contributed by atoms with van der Waals surface area (Å²) in [7, 11) is 1.81. The molecular formula is C11H17BrN2OS. The van der Waals surface area contributed by atoms with Gasteiger partial charge in [0.05, 0.1) is 12.5 Å². The van der Waals surface area contributed by atoms with E-state index in [4.69, 9.17) is 5.73 Å². The number of nitrogens with zero attached hydrogens (tertiary/aromatic N) is 1. The van der Waals surface area contributed by atoms with Crippen LogP contribution in [0.4, 0.5) is 0 Å². The highest BCUT2D eigenvalue weighted by molar-refractivity contribution is 9.10. The van der Waals surface area contributed by atoms with Gasteiger partial charge in [0.25, 0.3) is 0 Å². The molecule has 0 aliphatic rings. The van der Waals surface area contributed by atoms with Crippen LogP contribution < -0.4 is 5.73 Å². The van der Waals surface area contributed by atoms with E-state index in [0.717, 1.165) is 4.47 Å². The molecule has 1 amide bonds. The van der Waals surface area contributed by atoms with Crippen LogP contribution in [0, 0.1) is 5.92 Å². The van der Waals surface area contributed by atoms with Gasteiger partial charge in [-0.2, -0.15) is 0 Å². The van der Waals surface area contributed by atoms with Crippen molar-refractivity contribution in [3.8, 4) is 0 Å². The smallest absolute Gasteiger partial charge is 0.227 e. The molecule has 0 saturated carbocycles. The lowest BCUT2D eigenvalue weighted by Gasteiger charge is -2.22. The fraction of sp³-hybridized carbons (Fsp3) is 0.545. The number of rotatable bonds is 4. The van der Waals surface area contributed by atoms with Crippen molar-refractivity contribution in [3.05, 3.63) is 20.8 Å². The highest BCUT2D eigenvalue weighted by Crippen LogP contribution is 2.21. The Labute approximate surface area is 109 Å². The Balaban J connectivity index is 2.58. The molecule has 0 aliphatic carbocycles. The molecule has 1 aromatic heterocycles. The number of nitrogens with two attached hydrogens (primary N) is 1. The van der Waals surface area contributed by atoms with Crippen LogP contribution in [-0.2, 0) is 11.3 Å². The van der Waals surface area contributed by atoms with E-state index in [9.17, 15) is 4.79 Å². The molecular weight excluding hydrogens is 288 g/mol. The minimum atomic E-state index is -0.131. The second kappa shape index (κ2) is 5.80. The minimum Gasteiger partial charge on any atom is -0.340 e. The lowest BCUT2D eigenvalue weighted by atomic mass is 10.0. The minimum absolute atomic E-state index is 0.0968. The van der Waals surface area contributed by atoms with Gasteiger partial charge in [0, 0.05) is 27.8 Å². The Kier molecular flexibility index (Phi) is 4.95. The van der Waals surface area contributed by atoms with Crippen molar-refractivity contribution in [1.29, 1.82) is 0 Å². The van der Waals surface area contributed by atoms with Crippen LogP contribution in [0.25, 0.3) is 0 Å². The lowest BCUT2D eigenvalue weighted by molar-refractivity contribution is -0.134. The highest BCUT2D eigenvalue weighted by atomic mass is 79.9. The molecule has 0 bridgehead atoms. The molecule has 0 spiro atoms. The third-order valence-corrected chi connectivity index (χ3v) is 4.25. The molecule has 0 radical (unpaired) electrons. The summed E-state index contributed by atoms with van der Waals surface area (Å²) in [5.41, 5.74) is 5.72. The molecule has 1 rings (SSSR count). The molecule has 2 atom stereocenters. The molecule has 1 heterocycles. The fourth-order valence-corrected chi connectivity index (χ4v) is 2.82. The van der Waals surface area contributed by atoms with Gasteiger partial charge in [0.15, 0.2) is 0 Å². The first-order valence-corrected chi connectivity index (χ1v) is 6.82. The largest absolute Gasteiger partial charge is 0.340 e. The van der Waals surface area contributed by atoms with Gasteiger partial charge in [-0.1, -0.05) is 6.92 Å². The van der Waals surface area contributed by atoms with E-state index in [1.807, 2.05) is 32.3 Å². The second-order valence-corrected chi connectivity index (χ2v) is 5.98. The summed E-state index contributed by atoms with van der Waals surface area (Å²) in [6.45, 7) is 4.37. The topological polar surface area (TPSA) is 46.3 Å². The molecule has 1 aromatic rings. The number of amides is 1. The Morgan fingerprint density at radius 3 is 2.69 bits per heavy atom. The molecule has 2 N–H and O–H groups in total. The number of thiophene rings is 1. The normalized spacial score (nSPS) is 14.6. The Hall–Kier alpha value is -0.390. The molecule has 5 heteroatoms. The van der Waals surface area contributed by atoms with Crippen molar-refractivity contribution in [2.24, 2.45) is 11.7 Å². The van der Waals surface area contributed by atoms with E-state index in [1.54, 1.807) is 16.2 Å². The first-order valence-electron chi connectivity index (χ1n) is 5.15. The van der Waals surface area contributed by atoms with Crippen molar-refractivity contribution < 1.29 is 4.79 Å². The molecule has 0 aliphatic heterocycles. The van der Waals surface area contributed by atoms with Crippen molar-refractivity contribution >= 4 is 33.2 Å². The number of hydrogen-bond donors (Lipinski definition) is 1. The van der Waals surface area contributed by atoms with Crippen molar-refractivity contribution in [3.63, 3.8) is 0 Å². The molecule has 0 saturated heterocycles. The summed E-state index contributed by atoms with van der Waals surface area (Å²) in [6.07, 6.45) is 0. The number of carbonyl (C=O) groups is 1. The van der Waals surface area contributed by atoms with Gasteiger partial charge < -0.3 is 10.6 Å². The van der Waals surface area contributed by atoms with Gasteiger partial charge in [-0.25, -0.2) is 0 Å². The van der Waals surface area contributed by atoms with Crippen molar-refractivity contribution in [2.45, 2.75) is 26.4 Å². The van der Waals surface area contributed by atoms with Crippen LogP contribution in [0.2, 0.25) is 0 Å². The fourth-order valence-electron chi connectivity index (χ4n) is 1.32.